The Morgan fingerprint density at radius 1 is 1.45 bits per heavy atom. The largest absolute Gasteiger partial charge is 0.461 e. The molecule has 0 aromatic heterocycles. The fraction of sp³-hybridized carbons (Fsp3) is 0.533. The average molecular weight is 326 g/mol. The van der Waals surface area contributed by atoms with Gasteiger partial charge in [0.05, 0.1) is 0 Å². The summed E-state index contributed by atoms with van der Waals surface area (Å²) in [6.07, 6.45) is 3.56. The van der Waals surface area contributed by atoms with Crippen LogP contribution in [0.15, 0.2) is 24.3 Å². The van der Waals surface area contributed by atoms with Crippen molar-refractivity contribution in [2.75, 3.05) is 6.54 Å². The molecule has 6 nitrogen and oxygen atoms in total. The highest BCUT2D eigenvalue weighted by atomic mass is 31.1. The summed E-state index contributed by atoms with van der Waals surface area (Å²) >= 11 is 0. The topological polar surface area (TPSA) is 81.9 Å². The Balaban J connectivity index is 2.01. The van der Waals surface area contributed by atoms with Gasteiger partial charge < -0.3 is 19.9 Å². The third-order valence-electron chi connectivity index (χ3n) is 3.75. The van der Waals surface area contributed by atoms with Crippen LogP contribution in [0.25, 0.3) is 0 Å². The summed E-state index contributed by atoms with van der Waals surface area (Å²) < 4.78 is 16.8. The van der Waals surface area contributed by atoms with Crippen LogP contribution in [-0.2, 0) is 20.5 Å². The predicted octanol–water partition coefficient (Wildman–Crippen LogP) is 1.94. The lowest BCUT2D eigenvalue weighted by atomic mass is 9.96. The first kappa shape index (κ1) is 17.0. The van der Waals surface area contributed by atoms with Gasteiger partial charge in [-0.05, 0) is 50.8 Å². The number of para-hydroxylation sites is 1. The van der Waals surface area contributed by atoms with Crippen molar-refractivity contribution in [2.45, 2.75) is 44.8 Å². The molecular formula is C15H23N2O4P. The normalized spacial score (nSPS) is 16.7. The van der Waals surface area contributed by atoms with E-state index in [4.69, 9.17) is 15.3 Å². The van der Waals surface area contributed by atoms with Crippen LogP contribution < -0.4 is 10.6 Å². The van der Waals surface area contributed by atoms with Gasteiger partial charge in [-0.2, -0.15) is 0 Å². The third kappa shape index (κ3) is 4.32. The van der Waals surface area contributed by atoms with Crippen molar-refractivity contribution in [3.05, 3.63) is 29.8 Å². The quantitative estimate of drug-likeness (QED) is 0.447. The molecular weight excluding hydrogens is 303 g/mol. The van der Waals surface area contributed by atoms with Gasteiger partial charge >= 0.3 is 5.97 Å². The summed E-state index contributed by atoms with van der Waals surface area (Å²) in [5.74, 6) is 0.170. The fourth-order valence-corrected chi connectivity index (χ4v) is 2.58. The Kier molecular flexibility index (Phi) is 6.43. The van der Waals surface area contributed by atoms with Crippen molar-refractivity contribution in [1.82, 2.24) is 4.83 Å². The maximum atomic E-state index is 12.1. The molecule has 2 N–H and O–H groups in total. The van der Waals surface area contributed by atoms with Gasteiger partial charge in [-0.25, -0.2) is 0 Å². The zero-order chi connectivity index (χ0) is 15.9. The molecule has 22 heavy (non-hydrogen) atoms. The van der Waals surface area contributed by atoms with Gasteiger partial charge in [0, 0.05) is 0 Å². The SMILES string of the molecule is CC(C(=O)OC1CCC1)N(Oc1ccccc1CCN)[PH2]=O. The van der Waals surface area contributed by atoms with Gasteiger partial charge in [0.15, 0.2) is 14.4 Å². The van der Waals surface area contributed by atoms with Gasteiger partial charge in [0.1, 0.15) is 12.1 Å². The first-order valence-electron chi connectivity index (χ1n) is 7.55. The lowest BCUT2D eigenvalue weighted by Gasteiger charge is -2.29. The van der Waals surface area contributed by atoms with Gasteiger partial charge in [0.2, 0.25) is 0 Å². The molecule has 0 amide bonds. The molecule has 1 fully saturated rings. The van der Waals surface area contributed by atoms with Crippen molar-refractivity contribution < 1.29 is 18.9 Å². The monoisotopic (exact) mass is 326 g/mol. The van der Waals surface area contributed by atoms with Crippen molar-refractivity contribution in [1.29, 1.82) is 0 Å². The van der Waals surface area contributed by atoms with E-state index in [0.29, 0.717) is 18.7 Å². The molecule has 0 bridgehead atoms. The Morgan fingerprint density at radius 3 is 2.77 bits per heavy atom. The minimum atomic E-state index is -1.42. The molecule has 2 rings (SSSR count). The van der Waals surface area contributed by atoms with Crippen LogP contribution in [-0.4, -0.2) is 29.5 Å². The van der Waals surface area contributed by atoms with Crippen LogP contribution in [0.3, 0.4) is 0 Å². The molecule has 1 aliphatic rings. The number of rotatable bonds is 8. The maximum Gasteiger partial charge on any atom is 0.327 e. The molecule has 1 aromatic carbocycles. The van der Waals surface area contributed by atoms with E-state index in [1.54, 1.807) is 13.0 Å². The zero-order valence-corrected chi connectivity index (χ0v) is 13.9. The molecule has 122 valence electrons. The van der Waals surface area contributed by atoms with Crippen LogP contribution in [0, 0.1) is 0 Å². The van der Waals surface area contributed by atoms with Crippen molar-refractivity contribution in [3.8, 4) is 5.75 Å². The summed E-state index contributed by atoms with van der Waals surface area (Å²) in [5.41, 5.74) is 6.50. The molecule has 1 aromatic rings. The van der Waals surface area contributed by atoms with E-state index in [2.05, 4.69) is 0 Å². The number of hydrogen-bond donors (Lipinski definition) is 1. The minimum Gasteiger partial charge on any atom is -0.461 e. The molecule has 1 saturated carbocycles. The van der Waals surface area contributed by atoms with Gasteiger partial charge in [-0.1, -0.05) is 23.0 Å². The van der Waals surface area contributed by atoms with Gasteiger partial charge in [0.25, 0.3) is 0 Å². The van der Waals surface area contributed by atoms with Crippen LogP contribution in [0.2, 0.25) is 0 Å². The predicted molar refractivity (Wildman–Crippen MR) is 85.3 cm³/mol. The highest BCUT2D eigenvalue weighted by Crippen LogP contribution is 2.26. The Morgan fingerprint density at radius 2 is 2.18 bits per heavy atom. The Labute approximate surface area is 131 Å². The van der Waals surface area contributed by atoms with E-state index >= 15 is 0 Å². The smallest absolute Gasteiger partial charge is 0.327 e. The maximum absolute atomic E-state index is 12.1. The number of ether oxygens (including phenoxy) is 1. The molecule has 7 heteroatoms. The number of carbonyl (C=O) groups is 1. The summed E-state index contributed by atoms with van der Waals surface area (Å²) in [5, 5.41) is 0. The van der Waals surface area contributed by atoms with Crippen molar-refractivity contribution in [2.24, 2.45) is 5.73 Å². The average Bonchev–Trinajstić information content (AvgIpc) is 2.49. The van der Waals surface area contributed by atoms with E-state index in [-0.39, 0.29) is 6.10 Å². The van der Waals surface area contributed by atoms with Crippen LogP contribution in [0.1, 0.15) is 31.7 Å². The number of nitrogens with two attached hydrogens (primary N) is 1. The number of hydroxylamine groups is 1. The molecule has 0 aliphatic heterocycles. The molecule has 2 atom stereocenters. The molecule has 0 radical (unpaired) electrons. The first-order valence-corrected chi connectivity index (χ1v) is 8.54. The number of benzene rings is 1. The lowest BCUT2D eigenvalue weighted by molar-refractivity contribution is -0.163. The minimum absolute atomic E-state index is 0.00276. The summed E-state index contributed by atoms with van der Waals surface area (Å²) in [6.45, 7) is 2.13. The molecule has 0 saturated heterocycles. The number of carbonyl (C=O) groups excluding carboxylic acids is 1. The standard InChI is InChI=1S/C15H23N2O4P/c1-11(15(18)20-13-6-4-7-13)17(22-19)21-14-8-3-2-5-12(14)9-10-16/h2-3,5,8,11,13H,4,6-7,9-10,16,22H2,1H3. The highest BCUT2D eigenvalue weighted by molar-refractivity contribution is 7.20. The van der Waals surface area contributed by atoms with Gasteiger partial charge in [-0.3, -0.25) is 4.79 Å². The summed E-state index contributed by atoms with van der Waals surface area (Å²) in [6, 6.07) is 6.68. The highest BCUT2D eigenvalue weighted by Gasteiger charge is 2.29. The summed E-state index contributed by atoms with van der Waals surface area (Å²) in [4.78, 5) is 18.9. The van der Waals surface area contributed by atoms with E-state index in [9.17, 15) is 9.36 Å². The molecule has 2 unspecified atom stereocenters. The van der Waals surface area contributed by atoms with E-state index in [1.807, 2.05) is 18.2 Å². The second kappa shape index (κ2) is 8.32. The fourth-order valence-electron chi connectivity index (χ4n) is 2.12. The van der Waals surface area contributed by atoms with E-state index in [0.717, 1.165) is 24.8 Å². The third-order valence-corrected chi connectivity index (χ3v) is 4.51. The van der Waals surface area contributed by atoms with Crippen LogP contribution >= 0.6 is 8.61 Å². The lowest BCUT2D eigenvalue weighted by Crippen LogP contribution is -2.39. The second-order valence-electron chi connectivity index (χ2n) is 5.37. The van der Waals surface area contributed by atoms with Gasteiger partial charge in [-0.15, -0.1) is 0 Å². The first-order chi connectivity index (χ1) is 10.7. The van der Waals surface area contributed by atoms with E-state index < -0.39 is 20.6 Å². The Hall–Kier alpha value is -1.36. The number of nitrogens with zero attached hydrogens (tertiary/aromatic N) is 1. The molecule has 0 heterocycles. The molecule has 0 spiro atoms. The van der Waals surface area contributed by atoms with Crippen LogP contribution in [0.5, 0.6) is 5.75 Å². The Bertz CT molecular complexity index is 522. The summed E-state index contributed by atoms with van der Waals surface area (Å²) in [7, 11) is -1.42. The van der Waals surface area contributed by atoms with E-state index in [1.165, 1.54) is 4.83 Å². The van der Waals surface area contributed by atoms with Crippen LogP contribution in [0.4, 0.5) is 0 Å². The number of esters is 1. The zero-order valence-electron chi connectivity index (χ0n) is 12.7. The molecule has 1 aliphatic carbocycles. The van der Waals surface area contributed by atoms with Crippen molar-refractivity contribution >= 4 is 14.6 Å². The second-order valence-corrected chi connectivity index (χ2v) is 6.09. The van der Waals surface area contributed by atoms with Crippen molar-refractivity contribution in [3.63, 3.8) is 0 Å². The number of hydrogen-bond acceptors (Lipinski definition) is 5.